The van der Waals surface area contributed by atoms with Gasteiger partial charge in [0, 0.05) is 0 Å². The van der Waals surface area contributed by atoms with Gasteiger partial charge in [0.1, 0.15) is 0 Å². The van der Waals surface area contributed by atoms with Gasteiger partial charge in [-0.05, 0) is 38.6 Å². The van der Waals surface area contributed by atoms with Crippen molar-refractivity contribution >= 4 is 0 Å². The van der Waals surface area contributed by atoms with E-state index in [-0.39, 0.29) is 0 Å². The Morgan fingerprint density at radius 3 is 3.08 bits per heavy atom. The molecule has 1 rings (SSSR count). The summed E-state index contributed by atoms with van der Waals surface area (Å²) in [7, 11) is 0. The summed E-state index contributed by atoms with van der Waals surface area (Å²) in [6, 6.07) is 0. The van der Waals surface area contributed by atoms with E-state index in [1.54, 1.807) is 0 Å². The molecule has 0 spiro atoms. The molecule has 0 amide bonds. The molecule has 1 unspecified atom stereocenters. The highest BCUT2D eigenvalue weighted by Gasteiger charge is 2.07. The Kier molecular flexibility index (Phi) is 4.56. The van der Waals surface area contributed by atoms with Crippen molar-refractivity contribution in [1.82, 2.24) is 5.32 Å². The van der Waals surface area contributed by atoms with Crippen LogP contribution in [-0.2, 0) is 0 Å². The van der Waals surface area contributed by atoms with Crippen molar-refractivity contribution in [3.05, 3.63) is 12.2 Å². The van der Waals surface area contributed by atoms with Crippen LogP contribution in [-0.4, -0.2) is 13.1 Å². The Labute approximate surface area is 75.2 Å². The highest BCUT2D eigenvalue weighted by molar-refractivity contribution is 4.97. The molecule has 0 aliphatic heterocycles. The van der Waals surface area contributed by atoms with Gasteiger partial charge in [-0.15, -0.1) is 5.92 Å². The second-order valence-electron chi connectivity index (χ2n) is 3.21. The zero-order valence-electron chi connectivity index (χ0n) is 7.77. The van der Waals surface area contributed by atoms with Gasteiger partial charge in [0.05, 0.1) is 6.54 Å². The third-order valence-electron chi connectivity index (χ3n) is 2.20. The SMILES string of the molecule is CC#CCNCC1CC=CCC1. The van der Waals surface area contributed by atoms with Crippen molar-refractivity contribution in [3.8, 4) is 11.8 Å². The minimum atomic E-state index is 0.841. The zero-order valence-corrected chi connectivity index (χ0v) is 7.77. The van der Waals surface area contributed by atoms with E-state index in [0.717, 1.165) is 19.0 Å². The number of nitrogens with one attached hydrogen (secondary N) is 1. The molecule has 1 N–H and O–H groups in total. The Hall–Kier alpha value is -0.740. The molecule has 0 aromatic carbocycles. The van der Waals surface area contributed by atoms with Gasteiger partial charge >= 0.3 is 0 Å². The predicted octanol–water partition coefficient (Wildman–Crippen LogP) is 1.96. The molecule has 1 atom stereocenters. The number of allylic oxidation sites excluding steroid dienone is 2. The lowest BCUT2D eigenvalue weighted by Crippen LogP contribution is -2.23. The quantitative estimate of drug-likeness (QED) is 0.381. The topological polar surface area (TPSA) is 12.0 Å². The van der Waals surface area contributed by atoms with Gasteiger partial charge in [-0.2, -0.15) is 0 Å². The second-order valence-corrected chi connectivity index (χ2v) is 3.21. The van der Waals surface area contributed by atoms with Crippen LogP contribution < -0.4 is 5.32 Å². The van der Waals surface area contributed by atoms with Gasteiger partial charge in [0.25, 0.3) is 0 Å². The van der Waals surface area contributed by atoms with Crippen molar-refractivity contribution < 1.29 is 0 Å². The van der Waals surface area contributed by atoms with E-state index in [1.807, 2.05) is 6.92 Å². The lowest BCUT2D eigenvalue weighted by Gasteiger charge is -2.17. The fourth-order valence-electron chi connectivity index (χ4n) is 1.47. The Morgan fingerprint density at radius 2 is 2.42 bits per heavy atom. The van der Waals surface area contributed by atoms with E-state index in [2.05, 4.69) is 29.3 Å². The van der Waals surface area contributed by atoms with Gasteiger partial charge in [-0.1, -0.05) is 18.1 Å². The monoisotopic (exact) mass is 163 g/mol. The molecule has 1 aliphatic carbocycles. The molecular weight excluding hydrogens is 146 g/mol. The molecule has 1 nitrogen and oxygen atoms in total. The van der Waals surface area contributed by atoms with Crippen molar-refractivity contribution in [2.45, 2.75) is 26.2 Å². The zero-order chi connectivity index (χ0) is 8.65. The molecule has 0 aromatic heterocycles. The summed E-state index contributed by atoms with van der Waals surface area (Å²) in [6.45, 7) is 3.85. The number of hydrogen-bond donors (Lipinski definition) is 1. The van der Waals surface area contributed by atoms with E-state index in [4.69, 9.17) is 0 Å². The van der Waals surface area contributed by atoms with Crippen LogP contribution >= 0.6 is 0 Å². The Morgan fingerprint density at radius 1 is 1.50 bits per heavy atom. The molecule has 0 saturated carbocycles. The van der Waals surface area contributed by atoms with Gasteiger partial charge in [0.2, 0.25) is 0 Å². The molecule has 0 bridgehead atoms. The number of rotatable bonds is 3. The van der Waals surface area contributed by atoms with E-state index < -0.39 is 0 Å². The fraction of sp³-hybridized carbons (Fsp3) is 0.636. The molecule has 0 heterocycles. The van der Waals surface area contributed by atoms with Crippen LogP contribution in [0.3, 0.4) is 0 Å². The minimum absolute atomic E-state index is 0.841. The Balaban J connectivity index is 2.05. The van der Waals surface area contributed by atoms with Crippen LogP contribution in [0.5, 0.6) is 0 Å². The highest BCUT2D eigenvalue weighted by Crippen LogP contribution is 2.16. The first kappa shape index (κ1) is 9.35. The van der Waals surface area contributed by atoms with Crippen LogP contribution in [0.1, 0.15) is 26.2 Å². The maximum Gasteiger partial charge on any atom is 0.0576 e. The van der Waals surface area contributed by atoms with Crippen LogP contribution in [0.25, 0.3) is 0 Å². The maximum atomic E-state index is 3.35. The smallest absolute Gasteiger partial charge is 0.0576 e. The fourth-order valence-corrected chi connectivity index (χ4v) is 1.47. The summed E-state index contributed by atoms with van der Waals surface area (Å²) in [4.78, 5) is 0. The summed E-state index contributed by atoms with van der Waals surface area (Å²) in [6.07, 6.45) is 8.41. The standard InChI is InChI=1S/C11H17N/c1-2-3-9-12-10-11-7-5-4-6-8-11/h4-5,11-12H,6-10H2,1H3. The average Bonchev–Trinajstić information content (AvgIpc) is 2.14. The van der Waals surface area contributed by atoms with Crippen molar-refractivity contribution in [3.63, 3.8) is 0 Å². The molecule has 0 saturated heterocycles. The minimum Gasteiger partial charge on any atom is -0.306 e. The molecule has 0 aromatic rings. The predicted molar refractivity (Wildman–Crippen MR) is 52.8 cm³/mol. The maximum absolute atomic E-state index is 3.35. The first-order valence-corrected chi connectivity index (χ1v) is 4.69. The highest BCUT2D eigenvalue weighted by atomic mass is 14.8. The molecule has 0 fully saturated rings. The summed E-state index contributed by atoms with van der Waals surface area (Å²) in [5, 5.41) is 3.35. The van der Waals surface area contributed by atoms with Gasteiger partial charge in [-0.25, -0.2) is 0 Å². The Bertz CT molecular complexity index is 195. The van der Waals surface area contributed by atoms with Crippen LogP contribution in [0.15, 0.2) is 12.2 Å². The van der Waals surface area contributed by atoms with Crippen molar-refractivity contribution in [1.29, 1.82) is 0 Å². The molecule has 1 aliphatic rings. The summed E-state index contributed by atoms with van der Waals surface area (Å²) >= 11 is 0. The van der Waals surface area contributed by atoms with Crippen molar-refractivity contribution in [2.24, 2.45) is 5.92 Å². The molecule has 12 heavy (non-hydrogen) atoms. The van der Waals surface area contributed by atoms with E-state index in [0.29, 0.717) is 0 Å². The third kappa shape index (κ3) is 3.59. The molecular formula is C11H17N. The lowest BCUT2D eigenvalue weighted by atomic mass is 9.94. The average molecular weight is 163 g/mol. The first-order chi connectivity index (χ1) is 5.93. The summed E-state index contributed by atoms with van der Waals surface area (Å²) in [5.41, 5.74) is 0. The van der Waals surface area contributed by atoms with Crippen LogP contribution in [0, 0.1) is 17.8 Å². The van der Waals surface area contributed by atoms with Gasteiger partial charge < -0.3 is 5.32 Å². The molecule has 0 radical (unpaired) electrons. The molecule has 66 valence electrons. The van der Waals surface area contributed by atoms with E-state index in [9.17, 15) is 0 Å². The van der Waals surface area contributed by atoms with Crippen LogP contribution in [0.4, 0.5) is 0 Å². The van der Waals surface area contributed by atoms with Gasteiger partial charge in [0.15, 0.2) is 0 Å². The lowest BCUT2D eigenvalue weighted by molar-refractivity contribution is 0.452. The van der Waals surface area contributed by atoms with Crippen molar-refractivity contribution in [2.75, 3.05) is 13.1 Å². The van der Waals surface area contributed by atoms with E-state index in [1.165, 1.54) is 19.3 Å². The largest absolute Gasteiger partial charge is 0.306 e. The molecule has 1 heteroatoms. The first-order valence-electron chi connectivity index (χ1n) is 4.69. The van der Waals surface area contributed by atoms with E-state index >= 15 is 0 Å². The summed E-state index contributed by atoms with van der Waals surface area (Å²) in [5.74, 6) is 6.73. The second kappa shape index (κ2) is 5.85. The summed E-state index contributed by atoms with van der Waals surface area (Å²) < 4.78 is 0. The van der Waals surface area contributed by atoms with Gasteiger partial charge in [-0.3, -0.25) is 0 Å². The van der Waals surface area contributed by atoms with Crippen LogP contribution in [0.2, 0.25) is 0 Å². The third-order valence-corrected chi connectivity index (χ3v) is 2.20. The normalized spacial score (nSPS) is 21.6. The number of hydrogen-bond acceptors (Lipinski definition) is 1.